The van der Waals surface area contributed by atoms with Gasteiger partial charge in [0.1, 0.15) is 0 Å². The lowest BCUT2D eigenvalue weighted by Crippen LogP contribution is -2.40. The Hall–Kier alpha value is -1.08. The molecule has 0 saturated carbocycles. The first-order chi connectivity index (χ1) is 9.69. The Morgan fingerprint density at radius 3 is 3.05 bits per heavy atom. The van der Waals surface area contributed by atoms with E-state index in [2.05, 4.69) is 5.16 Å². The van der Waals surface area contributed by atoms with Crippen LogP contribution in [0.15, 0.2) is 22.7 Å². The minimum Gasteiger partial charge on any atom is -0.355 e. The molecule has 0 aliphatic carbocycles. The number of likely N-dealkylation sites (tertiary alicyclic amines) is 1. The monoisotopic (exact) mass is 347 g/mol. The van der Waals surface area contributed by atoms with E-state index in [1.165, 1.54) is 11.3 Å². The Kier molecular flexibility index (Phi) is 5.27. The van der Waals surface area contributed by atoms with E-state index in [1.807, 2.05) is 6.07 Å². The van der Waals surface area contributed by atoms with Gasteiger partial charge in [-0.15, -0.1) is 23.7 Å². The SMILES string of the molecule is Cl.NCC1CCCN1C(=O)c1cc(-c2ccc(Cl)s2)on1. The van der Waals surface area contributed by atoms with Gasteiger partial charge in [0.2, 0.25) is 0 Å². The van der Waals surface area contributed by atoms with Crippen LogP contribution in [0.25, 0.3) is 10.6 Å². The van der Waals surface area contributed by atoms with Crippen LogP contribution in [0.2, 0.25) is 4.34 Å². The Balaban J connectivity index is 0.00000161. The van der Waals surface area contributed by atoms with Crippen molar-refractivity contribution in [2.24, 2.45) is 5.73 Å². The van der Waals surface area contributed by atoms with Crippen molar-refractivity contribution in [1.29, 1.82) is 0 Å². The molecule has 0 radical (unpaired) electrons. The minimum absolute atomic E-state index is 0. The van der Waals surface area contributed by atoms with Crippen molar-refractivity contribution in [3.05, 3.63) is 28.2 Å². The highest BCUT2D eigenvalue weighted by molar-refractivity contribution is 7.19. The fourth-order valence-electron chi connectivity index (χ4n) is 2.43. The molecule has 1 fully saturated rings. The number of hydrogen-bond acceptors (Lipinski definition) is 5. The lowest BCUT2D eigenvalue weighted by Gasteiger charge is -2.21. The molecule has 1 aliphatic rings. The van der Waals surface area contributed by atoms with Gasteiger partial charge in [-0.2, -0.15) is 0 Å². The molecule has 1 atom stereocenters. The lowest BCUT2D eigenvalue weighted by molar-refractivity contribution is 0.0731. The van der Waals surface area contributed by atoms with E-state index in [4.69, 9.17) is 21.9 Å². The van der Waals surface area contributed by atoms with Gasteiger partial charge in [-0.3, -0.25) is 4.79 Å². The number of rotatable bonds is 3. The van der Waals surface area contributed by atoms with Crippen molar-refractivity contribution < 1.29 is 9.32 Å². The highest BCUT2D eigenvalue weighted by atomic mass is 35.5. The number of amides is 1. The number of aromatic nitrogens is 1. The first-order valence-corrected chi connectivity index (χ1v) is 7.62. The molecule has 1 aliphatic heterocycles. The van der Waals surface area contributed by atoms with Crippen LogP contribution in [0.3, 0.4) is 0 Å². The number of hydrogen-bond donors (Lipinski definition) is 1. The molecule has 21 heavy (non-hydrogen) atoms. The summed E-state index contributed by atoms with van der Waals surface area (Å²) < 4.78 is 5.91. The number of carbonyl (C=O) groups excluding carboxylic acids is 1. The van der Waals surface area contributed by atoms with Crippen LogP contribution in [0, 0.1) is 0 Å². The standard InChI is InChI=1S/C13H14ClN3O2S.ClH/c14-12-4-3-11(20-12)10-6-9(16-19-10)13(18)17-5-1-2-8(17)7-15;/h3-4,6,8H,1-2,5,7,15H2;1H. The quantitative estimate of drug-likeness (QED) is 0.925. The summed E-state index contributed by atoms with van der Waals surface area (Å²) in [5.74, 6) is 0.448. The zero-order valence-electron chi connectivity index (χ0n) is 11.1. The smallest absolute Gasteiger partial charge is 0.276 e. The van der Waals surface area contributed by atoms with Gasteiger partial charge < -0.3 is 15.2 Å². The van der Waals surface area contributed by atoms with Crippen molar-refractivity contribution in [1.82, 2.24) is 10.1 Å². The second-order valence-electron chi connectivity index (χ2n) is 4.71. The molecule has 3 heterocycles. The summed E-state index contributed by atoms with van der Waals surface area (Å²) >= 11 is 7.28. The van der Waals surface area contributed by atoms with Gasteiger partial charge in [0.25, 0.3) is 5.91 Å². The van der Waals surface area contributed by atoms with Crippen molar-refractivity contribution >= 4 is 41.3 Å². The molecular formula is C13H15Cl2N3O2S. The summed E-state index contributed by atoms with van der Waals surface area (Å²) in [6.45, 7) is 1.21. The van der Waals surface area contributed by atoms with Gasteiger partial charge in [-0.05, 0) is 25.0 Å². The van der Waals surface area contributed by atoms with Gasteiger partial charge in [0, 0.05) is 25.2 Å². The second kappa shape index (κ2) is 6.79. The molecule has 0 aromatic carbocycles. The molecule has 114 valence electrons. The zero-order valence-corrected chi connectivity index (χ0v) is 13.5. The maximum atomic E-state index is 12.4. The third-order valence-corrected chi connectivity index (χ3v) is 4.70. The number of carbonyl (C=O) groups is 1. The summed E-state index contributed by atoms with van der Waals surface area (Å²) in [5, 5.41) is 3.87. The molecule has 0 bridgehead atoms. The lowest BCUT2D eigenvalue weighted by atomic mass is 10.2. The van der Waals surface area contributed by atoms with E-state index in [0.29, 0.717) is 22.3 Å². The Labute approximate surface area is 137 Å². The average molecular weight is 348 g/mol. The molecule has 8 heteroatoms. The molecule has 1 unspecified atom stereocenters. The summed E-state index contributed by atoms with van der Waals surface area (Å²) in [7, 11) is 0. The van der Waals surface area contributed by atoms with Crippen LogP contribution in [-0.2, 0) is 0 Å². The first-order valence-electron chi connectivity index (χ1n) is 6.42. The largest absolute Gasteiger partial charge is 0.355 e. The number of halogens is 2. The Morgan fingerprint density at radius 2 is 2.38 bits per heavy atom. The van der Waals surface area contributed by atoms with Gasteiger partial charge in [0.05, 0.1) is 9.21 Å². The van der Waals surface area contributed by atoms with E-state index in [1.54, 1.807) is 17.0 Å². The predicted octanol–water partition coefficient (Wildman–Crippen LogP) is 3.04. The molecule has 2 aromatic heterocycles. The predicted molar refractivity (Wildman–Crippen MR) is 85.2 cm³/mol. The first kappa shape index (κ1) is 16.3. The molecule has 3 rings (SSSR count). The minimum atomic E-state index is -0.115. The van der Waals surface area contributed by atoms with E-state index >= 15 is 0 Å². The third kappa shape index (κ3) is 3.23. The Bertz CT molecular complexity index is 628. The van der Waals surface area contributed by atoms with Gasteiger partial charge in [-0.25, -0.2) is 0 Å². The van der Waals surface area contributed by atoms with Crippen LogP contribution >= 0.6 is 35.3 Å². The van der Waals surface area contributed by atoms with E-state index in [-0.39, 0.29) is 24.4 Å². The third-order valence-electron chi connectivity index (χ3n) is 3.46. The highest BCUT2D eigenvalue weighted by Crippen LogP contribution is 2.31. The normalized spacial score (nSPS) is 17.8. The molecule has 0 spiro atoms. The van der Waals surface area contributed by atoms with Crippen molar-refractivity contribution in [3.63, 3.8) is 0 Å². The van der Waals surface area contributed by atoms with Crippen LogP contribution in [0.1, 0.15) is 23.3 Å². The molecule has 2 N–H and O–H groups in total. The Morgan fingerprint density at radius 1 is 1.57 bits per heavy atom. The zero-order chi connectivity index (χ0) is 14.1. The fourth-order valence-corrected chi connectivity index (χ4v) is 3.43. The van der Waals surface area contributed by atoms with Crippen molar-refractivity contribution in [2.45, 2.75) is 18.9 Å². The van der Waals surface area contributed by atoms with Crippen LogP contribution in [0.5, 0.6) is 0 Å². The van der Waals surface area contributed by atoms with Crippen molar-refractivity contribution in [3.8, 4) is 10.6 Å². The molecule has 1 amide bonds. The van der Waals surface area contributed by atoms with E-state index in [0.717, 1.165) is 24.3 Å². The van der Waals surface area contributed by atoms with E-state index < -0.39 is 0 Å². The van der Waals surface area contributed by atoms with Crippen LogP contribution in [-0.4, -0.2) is 35.1 Å². The molecule has 5 nitrogen and oxygen atoms in total. The van der Waals surface area contributed by atoms with Crippen LogP contribution < -0.4 is 5.73 Å². The van der Waals surface area contributed by atoms with E-state index in [9.17, 15) is 4.79 Å². The molecular weight excluding hydrogens is 333 g/mol. The summed E-state index contributed by atoms with van der Waals surface area (Å²) in [5.41, 5.74) is 6.01. The van der Waals surface area contributed by atoms with Crippen molar-refractivity contribution in [2.75, 3.05) is 13.1 Å². The van der Waals surface area contributed by atoms with Gasteiger partial charge in [-0.1, -0.05) is 16.8 Å². The maximum Gasteiger partial charge on any atom is 0.276 e. The number of nitrogens with zero attached hydrogens (tertiary/aromatic N) is 2. The topological polar surface area (TPSA) is 72.4 Å². The second-order valence-corrected chi connectivity index (χ2v) is 6.43. The summed E-state index contributed by atoms with van der Waals surface area (Å²) in [6.07, 6.45) is 1.94. The molecule has 2 aromatic rings. The van der Waals surface area contributed by atoms with Gasteiger partial charge in [0.15, 0.2) is 11.5 Å². The maximum absolute atomic E-state index is 12.4. The van der Waals surface area contributed by atoms with Gasteiger partial charge >= 0.3 is 0 Å². The summed E-state index contributed by atoms with van der Waals surface area (Å²) in [4.78, 5) is 15.0. The number of thiophene rings is 1. The van der Waals surface area contributed by atoms with Crippen LogP contribution in [0.4, 0.5) is 0 Å². The highest BCUT2D eigenvalue weighted by Gasteiger charge is 2.30. The molecule has 1 saturated heterocycles. The summed E-state index contributed by atoms with van der Waals surface area (Å²) in [6, 6.07) is 5.41. The fraction of sp³-hybridized carbons (Fsp3) is 0.385. The average Bonchev–Trinajstić information content (AvgIpc) is 3.17. The number of nitrogens with two attached hydrogens (primary N) is 1.